The zero-order valence-corrected chi connectivity index (χ0v) is 15.8. The molecule has 0 spiro atoms. The molecule has 146 valence electrons. The highest BCUT2D eigenvalue weighted by molar-refractivity contribution is 5.79. The Balaban J connectivity index is 1.69. The number of hydrogen-bond acceptors (Lipinski definition) is 5. The van der Waals surface area contributed by atoms with Gasteiger partial charge in [0.2, 0.25) is 0 Å². The molecule has 7 heteroatoms. The Morgan fingerprint density at radius 2 is 2.27 bits per heavy atom. The van der Waals surface area contributed by atoms with Crippen molar-refractivity contribution in [3.63, 3.8) is 0 Å². The Morgan fingerprint density at radius 1 is 1.38 bits per heavy atom. The van der Waals surface area contributed by atoms with E-state index in [0.717, 1.165) is 63.9 Å². The van der Waals surface area contributed by atoms with E-state index in [9.17, 15) is 5.11 Å². The van der Waals surface area contributed by atoms with Crippen molar-refractivity contribution in [3.05, 3.63) is 23.8 Å². The molecule has 1 aliphatic heterocycles. The van der Waals surface area contributed by atoms with Crippen molar-refractivity contribution in [1.82, 2.24) is 10.6 Å². The maximum atomic E-state index is 9.84. The molecular formula is C19H31N3O4. The highest BCUT2D eigenvalue weighted by Crippen LogP contribution is 2.26. The summed E-state index contributed by atoms with van der Waals surface area (Å²) in [6.45, 7) is 7.30. The quantitative estimate of drug-likeness (QED) is 0.334. The lowest BCUT2D eigenvalue weighted by Crippen LogP contribution is -2.38. The molecule has 0 saturated carbocycles. The van der Waals surface area contributed by atoms with Gasteiger partial charge in [0.25, 0.3) is 0 Å². The second kappa shape index (κ2) is 11.6. The summed E-state index contributed by atoms with van der Waals surface area (Å²) >= 11 is 0. The number of guanidine groups is 1. The highest BCUT2D eigenvalue weighted by atomic mass is 16.5. The number of phenols is 1. The molecule has 1 unspecified atom stereocenters. The predicted octanol–water partition coefficient (Wildman–Crippen LogP) is 1.90. The number of nitrogens with one attached hydrogen (secondary N) is 2. The zero-order valence-electron chi connectivity index (χ0n) is 15.8. The van der Waals surface area contributed by atoms with E-state index in [1.165, 1.54) is 7.11 Å². The number of phenolic OH excluding ortho intramolecular Hbond substituents is 1. The van der Waals surface area contributed by atoms with E-state index >= 15 is 0 Å². The van der Waals surface area contributed by atoms with Crippen LogP contribution in [0.3, 0.4) is 0 Å². The lowest BCUT2D eigenvalue weighted by molar-refractivity contribution is 0.0888. The normalized spacial score (nSPS) is 17.3. The van der Waals surface area contributed by atoms with Gasteiger partial charge in [-0.1, -0.05) is 6.07 Å². The third-order valence-corrected chi connectivity index (χ3v) is 4.14. The van der Waals surface area contributed by atoms with Crippen LogP contribution in [0.1, 0.15) is 25.3 Å². The molecule has 1 atom stereocenters. The monoisotopic (exact) mass is 365 g/mol. The van der Waals surface area contributed by atoms with Crippen molar-refractivity contribution in [2.24, 2.45) is 10.9 Å². The summed E-state index contributed by atoms with van der Waals surface area (Å²) in [5.74, 6) is 1.91. The third kappa shape index (κ3) is 7.09. The summed E-state index contributed by atoms with van der Waals surface area (Å²) in [4.78, 5) is 4.55. The smallest absolute Gasteiger partial charge is 0.191 e. The van der Waals surface area contributed by atoms with Crippen LogP contribution in [0.4, 0.5) is 0 Å². The van der Waals surface area contributed by atoms with Gasteiger partial charge >= 0.3 is 0 Å². The third-order valence-electron chi connectivity index (χ3n) is 4.14. The van der Waals surface area contributed by atoms with Crippen LogP contribution in [-0.2, 0) is 16.0 Å². The molecule has 0 aromatic heterocycles. The largest absolute Gasteiger partial charge is 0.504 e. The molecule has 0 aliphatic carbocycles. The van der Waals surface area contributed by atoms with Gasteiger partial charge in [-0.05, 0) is 37.5 Å². The van der Waals surface area contributed by atoms with Gasteiger partial charge in [0.15, 0.2) is 17.5 Å². The maximum absolute atomic E-state index is 9.84. The second-order valence-electron chi connectivity index (χ2n) is 6.29. The summed E-state index contributed by atoms with van der Waals surface area (Å²) in [5, 5.41) is 16.4. The van der Waals surface area contributed by atoms with Gasteiger partial charge in [-0.25, -0.2) is 4.99 Å². The van der Waals surface area contributed by atoms with Crippen molar-refractivity contribution < 1.29 is 19.3 Å². The Bertz CT molecular complexity index is 560. The molecule has 0 radical (unpaired) electrons. The topological polar surface area (TPSA) is 84.3 Å². The average molecular weight is 365 g/mol. The fourth-order valence-corrected chi connectivity index (χ4v) is 2.69. The van der Waals surface area contributed by atoms with Gasteiger partial charge in [0, 0.05) is 32.2 Å². The standard InChI is InChI=1S/C19H31N3O4/c1-3-20-19(21-8-4-9-25-13-16-7-10-26-14-16)22-12-15-5-6-18(24-2)17(23)11-15/h5-6,11,16,23H,3-4,7-10,12-14H2,1-2H3,(H2,20,21,22). The van der Waals surface area contributed by atoms with Crippen molar-refractivity contribution in [2.45, 2.75) is 26.3 Å². The molecule has 0 bridgehead atoms. The van der Waals surface area contributed by atoms with E-state index in [2.05, 4.69) is 15.6 Å². The second-order valence-corrected chi connectivity index (χ2v) is 6.29. The predicted molar refractivity (Wildman–Crippen MR) is 102 cm³/mol. The van der Waals surface area contributed by atoms with Gasteiger partial charge in [0.1, 0.15) is 0 Å². The van der Waals surface area contributed by atoms with E-state index in [1.807, 2.05) is 13.0 Å². The van der Waals surface area contributed by atoms with Crippen LogP contribution in [0.2, 0.25) is 0 Å². The molecule has 1 aliphatic rings. The molecule has 1 aromatic carbocycles. The van der Waals surface area contributed by atoms with E-state index < -0.39 is 0 Å². The van der Waals surface area contributed by atoms with Crippen molar-refractivity contribution in [3.8, 4) is 11.5 Å². The summed E-state index contributed by atoms with van der Waals surface area (Å²) < 4.78 is 16.1. The molecule has 2 rings (SSSR count). The Morgan fingerprint density at radius 3 is 2.96 bits per heavy atom. The lowest BCUT2D eigenvalue weighted by atomic mass is 10.1. The SMILES string of the molecule is CCNC(=NCc1ccc(OC)c(O)c1)NCCCOCC1CCOC1. The average Bonchev–Trinajstić information content (AvgIpc) is 3.16. The Hall–Kier alpha value is -1.99. The van der Waals surface area contributed by atoms with Crippen molar-refractivity contribution >= 4 is 5.96 Å². The van der Waals surface area contributed by atoms with E-state index in [4.69, 9.17) is 14.2 Å². The number of benzene rings is 1. The Labute approximate surface area is 155 Å². The number of rotatable bonds is 10. The van der Waals surface area contributed by atoms with Gasteiger partial charge in [-0.3, -0.25) is 0 Å². The molecule has 1 heterocycles. The van der Waals surface area contributed by atoms with Gasteiger partial charge in [-0.15, -0.1) is 0 Å². The maximum Gasteiger partial charge on any atom is 0.191 e. The minimum Gasteiger partial charge on any atom is -0.504 e. The molecule has 1 aromatic rings. The van der Waals surface area contributed by atoms with Gasteiger partial charge in [0.05, 0.1) is 26.9 Å². The lowest BCUT2D eigenvalue weighted by Gasteiger charge is -2.12. The number of aromatic hydroxyl groups is 1. The summed E-state index contributed by atoms with van der Waals surface area (Å²) in [7, 11) is 1.53. The first-order chi connectivity index (χ1) is 12.7. The number of aliphatic imine (C=N–C) groups is 1. The number of methoxy groups -OCH3 is 1. The molecule has 7 nitrogen and oxygen atoms in total. The highest BCUT2D eigenvalue weighted by Gasteiger charge is 2.15. The summed E-state index contributed by atoms with van der Waals surface area (Å²) in [5.41, 5.74) is 0.919. The van der Waals surface area contributed by atoms with Gasteiger partial charge < -0.3 is 30.0 Å². The molecular weight excluding hydrogens is 334 g/mol. The van der Waals surface area contributed by atoms with E-state index in [-0.39, 0.29) is 5.75 Å². The Kier molecular flexibility index (Phi) is 9.06. The molecule has 26 heavy (non-hydrogen) atoms. The van der Waals surface area contributed by atoms with Crippen LogP contribution >= 0.6 is 0 Å². The summed E-state index contributed by atoms with van der Waals surface area (Å²) in [6, 6.07) is 5.31. The fraction of sp³-hybridized carbons (Fsp3) is 0.632. The van der Waals surface area contributed by atoms with Crippen LogP contribution in [0.15, 0.2) is 23.2 Å². The van der Waals surface area contributed by atoms with Crippen LogP contribution in [0.25, 0.3) is 0 Å². The number of hydrogen-bond donors (Lipinski definition) is 3. The number of nitrogens with zero attached hydrogens (tertiary/aromatic N) is 1. The first kappa shape index (κ1) is 20.3. The first-order valence-corrected chi connectivity index (χ1v) is 9.26. The molecule has 1 saturated heterocycles. The van der Waals surface area contributed by atoms with Crippen LogP contribution < -0.4 is 15.4 Å². The van der Waals surface area contributed by atoms with E-state index in [0.29, 0.717) is 18.2 Å². The van der Waals surface area contributed by atoms with Gasteiger partial charge in [-0.2, -0.15) is 0 Å². The van der Waals surface area contributed by atoms with E-state index in [1.54, 1.807) is 12.1 Å². The molecule has 0 amide bonds. The first-order valence-electron chi connectivity index (χ1n) is 9.26. The molecule has 3 N–H and O–H groups in total. The van der Waals surface area contributed by atoms with Crippen LogP contribution in [0.5, 0.6) is 11.5 Å². The minimum atomic E-state index is 0.128. The minimum absolute atomic E-state index is 0.128. The van der Waals surface area contributed by atoms with Crippen molar-refractivity contribution in [2.75, 3.05) is 46.6 Å². The van der Waals surface area contributed by atoms with Crippen molar-refractivity contribution in [1.29, 1.82) is 0 Å². The zero-order chi connectivity index (χ0) is 18.6. The summed E-state index contributed by atoms with van der Waals surface area (Å²) in [6.07, 6.45) is 2.03. The number of ether oxygens (including phenoxy) is 3. The van der Waals surface area contributed by atoms with Crippen LogP contribution in [0, 0.1) is 5.92 Å². The molecule has 1 fully saturated rings. The fourth-order valence-electron chi connectivity index (χ4n) is 2.69. The van der Waals surface area contributed by atoms with Crippen LogP contribution in [-0.4, -0.2) is 57.7 Å².